The van der Waals surface area contributed by atoms with Crippen molar-refractivity contribution in [2.24, 2.45) is 0 Å². The lowest BCUT2D eigenvalue weighted by Gasteiger charge is -2.34. The van der Waals surface area contributed by atoms with E-state index < -0.39 is 12.1 Å². The Morgan fingerprint density at radius 2 is 1.97 bits per heavy atom. The first-order chi connectivity index (χ1) is 16.2. The molecular formula is C21H23F3N6O3S. The number of halogens is 3. The summed E-state index contributed by atoms with van der Waals surface area (Å²) in [7, 11) is 0. The summed E-state index contributed by atoms with van der Waals surface area (Å²) in [5.41, 5.74) is 4.01. The molecule has 0 radical (unpaired) electrons. The number of thioether (sulfide) groups is 1. The Morgan fingerprint density at radius 3 is 2.68 bits per heavy atom. The van der Waals surface area contributed by atoms with Crippen molar-refractivity contribution >= 4 is 34.8 Å². The molecule has 1 aliphatic rings. The summed E-state index contributed by atoms with van der Waals surface area (Å²) in [5, 5.41) is 11.5. The van der Waals surface area contributed by atoms with Gasteiger partial charge in [-0.25, -0.2) is 19.7 Å². The number of aromatic nitrogens is 4. The first-order valence-corrected chi connectivity index (χ1v) is 11.3. The van der Waals surface area contributed by atoms with Crippen LogP contribution in [0.4, 0.5) is 13.2 Å². The molecule has 34 heavy (non-hydrogen) atoms. The first-order valence-electron chi connectivity index (χ1n) is 10.3. The third-order valence-electron chi connectivity index (χ3n) is 5.08. The van der Waals surface area contributed by atoms with Gasteiger partial charge in [0, 0.05) is 31.8 Å². The number of piperazine rings is 1. The summed E-state index contributed by atoms with van der Waals surface area (Å²) in [6, 6.07) is 8.56. The lowest BCUT2D eigenvalue weighted by Crippen LogP contribution is -2.48. The topological polar surface area (TPSA) is 124 Å². The summed E-state index contributed by atoms with van der Waals surface area (Å²) in [6.07, 6.45) is -1.47. The van der Waals surface area contributed by atoms with E-state index in [1.807, 2.05) is 11.0 Å². The van der Waals surface area contributed by atoms with Crippen LogP contribution in [-0.4, -0.2) is 73.4 Å². The van der Waals surface area contributed by atoms with E-state index in [0.29, 0.717) is 24.4 Å². The molecule has 0 aliphatic carbocycles. The lowest BCUT2D eigenvalue weighted by atomic mass is 9.99. The van der Waals surface area contributed by atoms with E-state index in [-0.39, 0.29) is 11.9 Å². The SMILES string of the molecule is Cc1ccccc1C1CN(C(=O)CCSc2ncnc3nc[nH]c23)CCN1.O=C(O)C(F)(F)F. The van der Waals surface area contributed by atoms with Crippen LogP contribution >= 0.6 is 11.8 Å². The molecule has 1 aromatic carbocycles. The molecule has 3 aromatic rings. The van der Waals surface area contributed by atoms with Gasteiger partial charge >= 0.3 is 12.1 Å². The summed E-state index contributed by atoms with van der Waals surface area (Å²) in [5.74, 6) is -1.88. The Balaban J connectivity index is 0.000000406. The van der Waals surface area contributed by atoms with Crippen molar-refractivity contribution < 1.29 is 27.9 Å². The maximum atomic E-state index is 12.7. The Hall–Kier alpha value is -3.19. The maximum Gasteiger partial charge on any atom is 0.490 e. The number of carbonyl (C=O) groups excluding carboxylic acids is 1. The molecule has 4 rings (SSSR count). The molecule has 0 spiro atoms. The molecule has 3 N–H and O–H groups in total. The van der Waals surface area contributed by atoms with Crippen molar-refractivity contribution in [2.75, 3.05) is 25.4 Å². The highest BCUT2D eigenvalue weighted by Gasteiger charge is 2.38. The molecule has 182 valence electrons. The molecule has 2 aromatic heterocycles. The summed E-state index contributed by atoms with van der Waals surface area (Å²) >= 11 is 1.56. The number of hydrogen-bond donors (Lipinski definition) is 3. The fourth-order valence-electron chi connectivity index (χ4n) is 3.41. The number of benzene rings is 1. The fraction of sp³-hybridized carbons (Fsp3) is 0.381. The molecule has 1 atom stereocenters. The number of rotatable bonds is 5. The van der Waals surface area contributed by atoms with Crippen LogP contribution in [0.5, 0.6) is 0 Å². The Bertz CT molecular complexity index is 1140. The van der Waals surface area contributed by atoms with Crippen LogP contribution in [0.3, 0.4) is 0 Å². The number of carboxylic acids is 1. The zero-order valence-electron chi connectivity index (χ0n) is 18.2. The highest BCUT2D eigenvalue weighted by atomic mass is 32.2. The number of hydrogen-bond acceptors (Lipinski definition) is 7. The van der Waals surface area contributed by atoms with Crippen LogP contribution < -0.4 is 5.32 Å². The number of aryl methyl sites for hydroxylation is 1. The summed E-state index contributed by atoms with van der Waals surface area (Å²) in [6.45, 7) is 4.40. The minimum atomic E-state index is -5.08. The quantitative estimate of drug-likeness (QED) is 0.364. The zero-order valence-corrected chi connectivity index (χ0v) is 19.0. The third kappa shape index (κ3) is 6.67. The average molecular weight is 497 g/mol. The minimum Gasteiger partial charge on any atom is -0.475 e. The van der Waals surface area contributed by atoms with Gasteiger partial charge < -0.3 is 20.3 Å². The number of nitrogens with zero attached hydrogens (tertiary/aromatic N) is 4. The number of fused-ring (bicyclic) bond motifs is 1. The van der Waals surface area contributed by atoms with E-state index >= 15 is 0 Å². The van der Waals surface area contributed by atoms with Gasteiger partial charge in [-0.3, -0.25) is 4.79 Å². The Labute approximate surface area is 197 Å². The lowest BCUT2D eigenvalue weighted by molar-refractivity contribution is -0.192. The molecule has 0 saturated carbocycles. The van der Waals surface area contributed by atoms with E-state index in [1.165, 1.54) is 17.5 Å². The maximum absolute atomic E-state index is 12.7. The van der Waals surface area contributed by atoms with Crippen LogP contribution in [0.15, 0.2) is 41.9 Å². The van der Waals surface area contributed by atoms with E-state index in [0.717, 1.165) is 23.6 Å². The van der Waals surface area contributed by atoms with Crippen molar-refractivity contribution in [3.8, 4) is 0 Å². The van der Waals surface area contributed by atoms with E-state index in [9.17, 15) is 18.0 Å². The highest BCUT2D eigenvalue weighted by Crippen LogP contribution is 2.24. The molecule has 1 fully saturated rings. The molecule has 9 nitrogen and oxygen atoms in total. The zero-order chi connectivity index (χ0) is 24.7. The van der Waals surface area contributed by atoms with Crippen LogP contribution in [0, 0.1) is 6.92 Å². The van der Waals surface area contributed by atoms with Crippen molar-refractivity contribution in [2.45, 2.75) is 30.6 Å². The van der Waals surface area contributed by atoms with Gasteiger partial charge in [-0.1, -0.05) is 24.3 Å². The van der Waals surface area contributed by atoms with Crippen LogP contribution in [0.25, 0.3) is 11.2 Å². The number of aromatic amines is 1. The number of alkyl halides is 3. The summed E-state index contributed by atoms with van der Waals surface area (Å²) in [4.78, 5) is 39.2. The smallest absolute Gasteiger partial charge is 0.475 e. The van der Waals surface area contributed by atoms with Crippen molar-refractivity contribution in [1.82, 2.24) is 30.2 Å². The molecule has 1 amide bonds. The fourth-order valence-corrected chi connectivity index (χ4v) is 4.29. The highest BCUT2D eigenvalue weighted by molar-refractivity contribution is 7.99. The summed E-state index contributed by atoms with van der Waals surface area (Å²) < 4.78 is 31.7. The largest absolute Gasteiger partial charge is 0.490 e. The predicted octanol–water partition coefficient (Wildman–Crippen LogP) is 2.95. The number of H-pyrrole nitrogens is 1. The van der Waals surface area contributed by atoms with Gasteiger partial charge in [-0.15, -0.1) is 11.8 Å². The molecule has 1 saturated heterocycles. The molecule has 0 bridgehead atoms. The van der Waals surface area contributed by atoms with Crippen LogP contribution in [0.2, 0.25) is 0 Å². The molecular weight excluding hydrogens is 473 g/mol. The molecule has 1 aliphatic heterocycles. The van der Waals surface area contributed by atoms with Crippen LogP contribution in [0.1, 0.15) is 23.6 Å². The number of amides is 1. The van der Waals surface area contributed by atoms with E-state index in [4.69, 9.17) is 9.90 Å². The van der Waals surface area contributed by atoms with Crippen molar-refractivity contribution in [3.05, 3.63) is 48.0 Å². The minimum absolute atomic E-state index is 0.192. The number of aliphatic carboxylic acids is 1. The van der Waals surface area contributed by atoms with Gasteiger partial charge in [-0.05, 0) is 18.1 Å². The Morgan fingerprint density at radius 1 is 1.24 bits per heavy atom. The number of imidazole rings is 1. The van der Waals surface area contributed by atoms with Gasteiger partial charge in [-0.2, -0.15) is 13.2 Å². The normalized spacial score (nSPS) is 16.1. The second-order valence-electron chi connectivity index (χ2n) is 7.38. The van der Waals surface area contributed by atoms with Crippen LogP contribution in [-0.2, 0) is 9.59 Å². The first kappa shape index (κ1) is 25.4. The van der Waals surface area contributed by atoms with Gasteiger partial charge in [0.2, 0.25) is 5.91 Å². The number of nitrogens with one attached hydrogen (secondary N) is 2. The second-order valence-corrected chi connectivity index (χ2v) is 8.47. The number of carboxylic acid groups (broad SMARTS) is 1. The van der Waals surface area contributed by atoms with E-state index in [2.05, 4.69) is 50.4 Å². The Kier molecular flexibility index (Phi) is 8.45. The number of carbonyl (C=O) groups is 2. The molecule has 13 heteroatoms. The molecule has 3 heterocycles. The van der Waals surface area contributed by atoms with Gasteiger partial charge in [0.15, 0.2) is 5.65 Å². The van der Waals surface area contributed by atoms with Crippen molar-refractivity contribution in [1.29, 1.82) is 0 Å². The van der Waals surface area contributed by atoms with Gasteiger partial charge in [0.1, 0.15) is 16.9 Å². The van der Waals surface area contributed by atoms with Gasteiger partial charge in [0.25, 0.3) is 0 Å². The van der Waals surface area contributed by atoms with E-state index in [1.54, 1.807) is 18.1 Å². The predicted molar refractivity (Wildman–Crippen MR) is 119 cm³/mol. The standard InChI is InChI=1S/C19H22N6OS.C2HF3O2/c1-13-4-2-3-5-14(13)15-10-25(8-7-20-15)16(26)6-9-27-19-17-18(22-11-21-17)23-12-24-19;3-2(4,5)1(6)7/h2-5,11-12,15,20H,6-10H2,1H3,(H,21,22,23,24);(H,6,7). The molecule has 1 unspecified atom stereocenters. The van der Waals surface area contributed by atoms with Gasteiger partial charge in [0.05, 0.1) is 12.4 Å². The third-order valence-corrected chi connectivity index (χ3v) is 6.07. The average Bonchev–Trinajstić information content (AvgIpc) is 3.29. The van der Waals surface area contributed by atoms with Crippen molar-refractivity contribution in [3.63, 3.8) is 0 Å². The second kappa shape index (κ2) is 11.3. The monoisotopic (exact) mass is 496 g/mol.